The summed E-state index contributed by atoms with van der Waals surface area (Å²) in [5, 5.41) is 5.71. The molecule has 1 amide bonds. The molecule has 1 aliphatic heterocycles. The number of allylic oxidation sites excluding steroid dienone is 1. The van der Waals surface area contributed by atoms with Gasteiger partial charge in [0.25, 0.3) is 5.91 Å². The number of amides is 1. The molecule has 0 atom stereocenters. The maximum atomic E-state index is 13.0. The van der Waals surface area contributed by atoms with Crippen LogP contribution in [-0.4, -0.2) is 23.3 Å². The van der Waals surface area contributed by atoms with Crippen molar-refractivity contribution in [3.63, 3.8) is 0 Å². The fourth-order valence-corrected chi connectivity index (χ4v) is 5.83. The zero-order valence-corrected chi connectivity index (χ0v) is 24.8. The Hall–Kier alpha value is -2.11. The lowest BCUT2D eigenvalue weighted by atomic mass is 10.1. The van der Waals surface area contributed by atoms with Gasteiger partial charge in [0.15, 0.2) is 0 Å². The summed E-state index contributed by atoms with van der Waals surface area (Å²) in [6.45, 7) is 5.80. The van der Waals surface area contributed by atoms with E-state index >= 15 is 0 Å². The molecule has 3 rings (SSSR count). The van der Waals surface area contributed by atoms with Crippen LogP contribution in [0, 0.1) is 0 Å². The highest BCUT2D eigenvalue weighted by molar-refractivity contribution is 8.02. The minimum absolute atomic E-state index is 0.171. The number of unbranched alkanes of at least 4 members (excludes halogenated alkanes) is 11. The van der Waals surface area contributed by atoms with Crippen LogP contribution < -0.4 is 10.1 Å². The fourth-order valence-electron chi connectivity index (χ4n) is 4.66. The zero-order chi connectivity index (χ0) is 27.0. The molecule has 1 aliphatic rings. The van der Waals surface area contributed by atoms with Gasteiger partial charge in [0.1, 0.15) is 5.75 Å². The first-order valence-corrected chi connectivity index (χ1v) is 15.9. The Labute approximate surface area is 239 Å². The smallest absolute Gasteiger partial charge is 0.255 e. The van der Waals surface area contributed by atoms with Crippen molar-refractivity contribution in [2.24, 2.45) is 0 Å². The Bertz CT molecular complexity index is 1030. The van der Waals surface area contributed by atoms with Gasteiger partial charge >= 0.3 is 0 Å². The van der Waals surface area contributed by atoms with Crippen molar-refractivity contribution in [3.8, 4) is 5.75 Å². The minimum atomic E-state index is -0.171. The van der Waals surface area contributed by atoms with Gasteiger partial charge < -0.3 is 15.0 Å². The molecule has 208 valence electrons. The number of nitrogens with zero attached hydrogens (tertiary/aromatic N) is 1. The molecule has 0 spiro atoms. The average molecular weight is 557 g/mol. The SMILES string of the molecule is CCCCCCCCCCCCCCOc1ccc(C(=O)Nc2ccccc2CN2CSC=C2C)cc1Cl. The fraction of sp³-hybridized carbons (Fsp3) is 0.531. The number of hydrogen-bond acceptors (Lipinski definition) is 4. The molecule has 2 aromatic carbocycles. The number of thioether (sulfide) groups is 1. The molecule has 2 aromatic rings. The first kappa shape index (κ1) is 30.4. The molecule has 4 nitrogen and oxygen atoms in total. The van der Waals surface area contributed by atoms with Crippen LogP contribution in [0.4, 0.5) is 5.69 Å². The number of carbonyl (C=O) groups is 1. The number of benzene rings is 2. The summed E-state index contributed by atoms with van der Waals surface area (Å²) in [5.74, 6) is 1.40. The third kappa shape index (κ3) is 10.6. The van der Waals surface area contributed by atoms with Gasteiger partial charge in [-0.25, -0.2) is 0 Å². The Morgan fingerprint density at radius 2 is 1.61 bits per heavy atom. The van der Waals surface area contributed by atoms with Crippen LogP contribution in [-0.2, 0) is 6.54 Å². The maximum absolute atomic E-state index is 13.0. The van der Waals surface area contributed by atoms with Crippen molar-refractivity contribution in [2.75, 3.05) is 17.8 Å². The molecule has 0 aromatic heterocycles. The molecule has 1 N–H and O–H groups in total. The number of anilines is 1. The molecule has 0 unspecified atom stereocenters. The topological polar surface area (TPSA) is 41.6 Å². The second-order valence-electron chi connectivity index (χ2n) is 10.2. The van der Waals surface area contributed by atoms with Crippen LogP contribution in [0.1, 0.15) is 107 Å². The molecular formula is C32H45ClN2O2S. The first-order valence-electron chi connectivity index (χ1n) is 14.4. The predicted octanol–water partition coefficient (Wildman–Crippen LogP) is 10.0. The van der Waals surface area contributed by atoms with Gasteiger partial charge in [0, 0.05) is 23.5 Å². The van der Waals surface area contributed by atoms with Crippen molar-refractivity contribution < 1.29 is 9.53 Å². The lowest BCUT2D eigenvalue weighted by Gasteiger charge is -2.21. The van der Waals surface area contributed by atoms with Crippen molar-refractivity contribution >= 4 is 35.0 Å². The van der Waals surface area contributed by atoms with E-state index in [0.29, 0.717) is 22.9 Å². The van der Waals surface area contributed by atoms with E-state index < -0.39 is 0 Å². The number of halogens is 1. The van der Waals surface area contributed by atoms with E-state index in [0.717, 1.165) is 30.1 Å². The summed E-state index contributed by atoms with van der Waals surface area (Å²) < 4.78 is 5.91. The number of hydrogen-bond donors (Lipinski definition) is 1. The summed E-state index contributed by atoms with van der Waals surface area (Å²) in [6, 6.07) is 13.2. The molecule has 0 aliphatic carbocycles. The van der Waals surface area contributed by atoms with Gasteiger partial charge in [0.05, 0.1) is 17.5 Å². The molecule has 0 fully saturated rings. The average Bonchev–Trinajstić information content (AvgIpc) is 3.32. The van der Waals surface area contributed by atoms with E-state index in [1.54, 1.807) is 30.0 Å². The molecule has 0 saturated carbocycles. The number of para-hydroxylation sites is 1. The number of rotatable bonds is 18. The van der Waals surface area contributed by atoms with Crippen LogP contribution in [0.2, 0.25) is 5.02 Å². The molecule has 0 bridgehead atoms. The van der Waals surface area contributed by atoms with Gasteiger partial charge in [-0.05, 0) is 48.6 Å². The molecule has 1 heterocycles. The Morgan fingerprint density at radius 3 is 2.24 bits per heavy atom. The van der Waals surface area contributed by atoms with Crippen LogP contribution in [0.25, 0.3) is 0 Å². The van der Waals surface area contributed by atoms with Gasteiger partial charge in [-0.3, -0.25) is 4.79 Å². The van der Waals surface area contributed by atoms with Crippen molar-refractivity contribution in [1.82, 2.24) is 4.90 Å². The normalized spacial score (nSPS) is 13.0. The zero-order valence-electron chi connectivity index (χ0n) is 23.3. The number of nitrogens with one attached hydrogen (secondary N) is 1. The largest absolute Gasteiger partial charge is 0.492 e. The maximum Gasteiger partial charge on any atom is 0.255 e. The Kier molecular flexibility index (Phi) is 14.0. The van der Waals surface area contributed by atoms with Crippen molar-refractivity contribution in [1.29, 1.82) is 0 Å². The highest BCUT2D eigenvalue weighted by atomic mass is 35.5. The summed E-state index contributed by atoms with van der Waals surface area (Å²) >= 11 is 8.26. The molecular weight excluding hydrogens is 512 g/mol. The lowest BCUT2D eigenvalue weighted by Crippen LogP contribution is -2.19. The van der Waals surface area contributed by atoms with Crippen LogP contribution in [0.3, 0.4) is 0 Å². The second kappa shape index (κ2) is 17.5. The molecule has 38 heavy (non-hydrogen) atoms. The van der Waals surface area contributed by atoms with Crippen molar-refractivity contribution in [3.05, 3.63) is 69.7 Å². The molecule has 6 heteroatoms. The molecule has 0 saturated heterocycles. The van der Waals surface area contributed by atoms with E-state index in [9.17, 15) is 4.79 Å². The van der Waals surface area contributed by atoms with E-state index in [2.05, 4.69) is 35.5 Å². The predicted molar refractivity (Wildman–Crippen MR) is 164 cm³/mol. The van der Waals surface area contributed by atoms with Crippen LogP contribution >= 0.6 is 23.4 Å². The first-order chi connectivity index (χ1) is 18.6. The highest BCUT2D eigenvalue weighted by Crippen LogP contribution is 2.29. The monoisotopic (exact) mass is 556 g/mol. The van der Waals surface area contributed by atoms with E-state index in [-0.39, 0.29) is 5.91 Å². The van der Waals surface area contributed by atoms with Gasteiger partial charge in [-0.2, -0.15) is 0 Å². The van der Waals surface area contributed by atoms with Gasteiger partial charge in [-0.15, -0.1) is 11.8 Å². The second-order valence-corrected chi connectivity index (χ2v) is 11.5. The van der Waals surface area contributed by atoms with Gasteiger partial charge in [0.2, 0.25) is 0 Å². The number of ether oxygens (including phenoxy) is 1. The van der Waals surface area contributed by atoms with Crippen LogP contribution in [0.5, 0.6) is 5.75 Å². The van der Waals surface area contributed by atoms with E-state index in [1.165, 1.54) is 76.3 Å². The third-order valence-electron chi connectivity index (χ3n) is 7.06. The minimum Gasteiger partial charge on any atom is -0.492 e. The van der Waals surface area contributed by atoms with Crippen LogP contribution in [0.15, 0.2) is 53.6 Å². The summed E-state index contributed by atoms with van der Waals surface area (Å²) in [5.41, 5.74) is 3.69. The lowest BCUT2D eigenvalue weighted by molar-refractivity contribution is 0.102. The quantitative estimate of drug-likeness (QED) is 0.185. The van der Waals surface area contributed by atoms with Gasteiger partial charge in [-0.1, -0.05) is 107 Å². The summed E-state index contributed by atoms with van der Waals surface area (Å²) in [4.78, 5) is 15.3. The van der Waals surface area contributed by atoms with E-state index in [4.69, 9.17) is 16.3 Å². The highest BCUT2D eigenvalue weighted by Gasteiger charge is 2.16. The Morgan fingerprint density at radius 1 is 0.947 bits per heavy atom. The standard InChI is InChI=1S/C32H45ClN2O2S/c1-3-4-5-6-7-8-9-10-11-12-13-16-21-37-31-20-19-27(22-29(31)33)32(36)34-30-18-15-14-17-28(30)23-35-25-38-24-26(35)2/h14-15,17-20,22,24H,3-13,16,21,23,25H2,1-2H3,(H,34,36). The number of carbonyl (C=O) groups excluding carboxylic acids is 1. The molecule has 0 radical (unpaired) electrons. The van der Waals surface area contributed by atoms with Crippen molar-refractivity contribution in [2.45, 2.75) is 97.4 Å². The summed E-state index contributed by atoms with van der Waals surface area (Å²) in [6.07, 6.45) is 15.8. The Balaban J connectivity index is 1.35. The third-order valence-corrected chi connectivity index (χ3v) is 8.32. The van der Waals surface area contributed by atoms with E-state index in [1.807, 2.05) is 18.2 Å². The summed E-state index contributed by atoms with van der Waals surface area (Å²) in [7, 11) is 0.